The molecular formula is C20H25N5O4. The van der Waals surface area contributed by atoms with Crippen LogP contribution in [0, 0.1) is 0 Å². The fourth-order valence-corrected chi connectivity index (χ4v) is 4.11. The van der Waals surface area contributed by atoms with Crippen molar-refractivity contribution in [1.29, 1.82) is 0 Å². The molecule has 0 aromatic heterocycles. The van der Waals surface area contributed by atoms with E-state index in [9.17, 15) is 19.2 Å². The van der Waals surface area contributed by atoms with Crippen LogP contribution in [0.3, 0.4) is 0 Å². The quantitative estimate of drug-likeness (QED) is 0.531. The second-order valence-corrected chi connectivity index (χ2v) is 7.76. The highest BCUT2D eigenvalue weighted by molar-refractivity contribution is 6.05. The monoisotopic (exact) mass is 399 g/mol. The highest BCUT2D eigenvalue weighted by atomic mass is 16.2. The molecule has 2 unspecified atom stereocenters. The fraction of sp³-hybridized carbons (Fsp3) is 0.500. The average molecular weight is 399 g/mol. The summed E-state index contributed by atoms with van der Waals surface area (Å²) in [6.07, 6.45) is 2.58. The summed E-state index contributed by atoms with van der Waals surface area (Å²) < 4.78 is 0. The van der Waals surface area contributed by atoms with Crippen LogP contribution >= 0.6 is 0 Å². The Kier molecular flexibility index (Phi) is 5.48. The lowest BCUT2D eigenvalue weighted by molar-refractivity contribution is -0.136. The van der Waals surface area contributed by atoms with E-state index in [1.807, 2.05) is 12.1 Å². The van der Waals surface area contributed by atoms with Crippen LogP contribution in [0.15, 0.2) is 18.2 Å². The minimum atomic E-state index is -0.621. The Labute approximate surface area is 168 Å². The van der Waals surface area contributed by atoms with Gasteiger partial charge in [-0.25, -0.2) is 4.79 Å². The smallest absolute Gasteiger partial charge is 0.315 e. The molecule has 4 N–H and O–H groups in total. The van der Waals surface area contributed by atoms with Crippen molar-refractivity contribution in [2.45, 2.75) is 50.9 Å². The molecule has 154 valence electrons. The van der Waals surface area contributed by atoms with Gasteiger partial charge >= 0.3 is 6.03 Å². The number of hydrogen-bond donors (Lipinski definition) is 4. The molecule has 0 spiro atoms. The summed E-state index contributed by atoms with van der Waals surface area (Å²) in [5.74, 6) is -0.932. The molecule has 9 nitrogen and oxygen atoms in total. The molecule has 5 amide bonds. The summed E-state index contributed by atoms with van der Waals surface area (Å²) in [5.41, 5.74) is 2.21. The van der Waals surface area contributed by atoms with E-state index in [4.69, 9.17) is 0 Å². The van der Waals surface area contributed by atoms with Gasteiger partial charge < -0.3 is 20.9 Å². The van der Waals surface area contributed by atoms with E-state index in [1.54, 1.807) is 6.07 Å². The number of imide groups is 1. The third-order valence-electron chi connectivity index (χ3n) is 5.68. The molecule has 0 saturated carbocycles. The Morgan fingerprint density at radius 3 is 2.83 bits per heavy atom. The van der Waals surface area contributed by atoms with Crippen LogP contribution in [0.1, 0.15) is 47.2 Å². The largest absolute Gasteiger partial charge is 0.334 e. The Bertz CT molecular complexity index is 849. The normalized spacial score (nSPS) is 24.1. The maximum absolute atomic E-state index is 12.8. The van der Waals surface area contributed by atoms with Gasteiger partial charge in [0.25, 0.3) is 5.91 Å². The molecule has 3 aliphatic rings. The van der Waals surface area contributed by atoms with E-state index in [0.717, 1.165) is 37.1 Å². The van der Waals surface area contributed by atoms with Crippen LogP contribution in [0.5, 0.6) is 0 Å². The number of nitrogens with zero attached hydrogens (tertiary/aromatic N) is 1. The molecule has 1 aromatic rings. The molecule has 2 fully saturated rings. The molecular weight excluding hydrogens is 374 g/mol. The van der Waals surface area contributed by atoms with Crippen LogP contribution < -0.4 is 21.3 Å². The minimum Gasteiger partial charge on any atom is -0.334 e. The first-order valence-corrected chi connectivity index (χ1v) is 10.0. The number of nitrogens with one attached hydrogen (secondary N) is 4. The number of fused-ring (bicyclic) bond motifs is 1. The van der Waals surface area contributed by atoms with Gasteiger partial charge in [-0.3, -0.25) is 19.7 Å². The van der Waals surface area contributed by atoms with E-state index in [0.29, 0.717) is 25.1 Å². The SMILES string of the molecule is O=C1CCC(N2Cc3ccc(CNC(=O)NC4CCCNC4)cc3C2=O)C(=O)N1. The summed E-state index contributed by atoms with van der Waals surface area (Å²) in [5, 5.41) is 11.3. The van der Waals surface area contributed by atoms with Gasteiger partial charge in [0, 0.05) is 37.7 Å². The molecule has 0 radical (unpaired) electrons. The summed E-state index contributed by atoms with van der Waals surface area (Å²) in [6, 6.07) is 4.79. The van der Waals surface area contributed by atoms with E-state index in [1.165, 1.54) is 4.90 Å². The summed E-state index contributed by atoms with van der Waals surface area (Å²) in [4.78, 5) is 49.9. The molecule has 9 heteroatoms. The lowest BCUT2D eigenvalue weighted by Gasteiger charge is -2.29. The van der Waals surface area contributed by atoms with E-state index in [2.05, 4.69) is 21.3 Å². The number of hydrogen-bond acceptors (Lipinski definition) is 5. The second-order valence-electron chi connectivity index (χ2n) is 7.76. The zero-order chi connectivity index (χ0) is 20.4. The Balaban J connectivity index is 1.36. The van der Waals surface area contributed by atoms with Crippen LogP contribution in [0.4, 0.5) is 4.79 Å². The van der Waals surface area contributed by atoms with Crippen LogP contribution in [0.2, 0.25) is 0 Å². The minimum absolute atomic E-state index is 0.132. The standard InChI is InChI=1S/C20H25N5O4/c26-17-6-5-16(18(27)24-17)25-11-13-4-3-12(8-15(13)19(25)28)9-22-20(29)23-14-2-1-7-21-10-14/h3-4,8,14,16,21H,1-2,5-7,9-11H2,(H2,22,23,29)(H,24,26,27). The zero-order valence-electron chi connectivity index (χ0n) is 16.1. The first-order valence-electron chi connectivity index (χ1n) is 10.0. The number of piperidine rings is 2. The van der Waals surface area contributed by atoms with E-state index >= 15 is 0 Å². The van der Waals surface area contributed by atoms with Crippen molar-refractivity contribution in [3.63, 3.8) is 0 Å². The van der Waals surface area contributed by atoms with Gasteiger partial charge in [-0.2, -0.15) is 0 Å². The highest BCUT2D eigenvalue weighted by Crippen LogP contribution is 2.28. The predicted octanol–water partition coefficient (Wildman–Crippen LogP) is -0.00120. The number of carbonyl (C=O) groups excluding carboxylic acids is 4. The summed E-state index contributed by atoms with van der Waals surface area (Å²) >= 11 is 0. The molecule has 0 bridgehead atoms. The number of urea groups is 1. The van der Waals surface area contributed by atoms with Gasteiger partial charge in [0.05, 0.1) is 0 Å². The van der Waals surface area contributed by atoms with E-state index < -0.39 is 11.9 Å². The Hall–Kier alpha value is -2.94. The van der Waals surface area contributed by atoms with Crippen molar-refractivity contribution < 1.29 is 19.2 Å². The molecule has 0 aliphatic carbocycles. The second kappa shape index (κ2) is 8.20. The first kappa shape index (κ1) is 19.4. The maximum Gasteiger partial charge on any atom is 0.315 e. The number of rotatable bonds is 4. The van der Waals surface area contributed by atoms with Crippen LogP contribution in [-0.2, 0) is 22.7 Å². The van der Waals surface area contributed by atoms with Crippen LogP contribution in [0.25, 0.3) is 0 Å². The molecule has 3 heterocycles. The molecule has 3 aliphatic heterocycles. The van der Waals surface area contributed by atoms with Crippen molar-refractivity contribution in [1.82, 2.24) is 26.2 Å². The average Bonchev–Trinajstić information content (AvgIpc) is 3.03. The molecule has 1 aromatic carbocycles. The lowest BCUT2D eigenvalue weighted by Crippen LogP contribution is -2.52. The number of benzene rings is 1. The Morgan fingerprint density at radius 1 is 1.21 bits per heavy atom. The zero-order valence-corrected chi connectivity index (χ0v) is 16.1. The third kappa shape index (κ3) is 4.24. The van der Waals surface area contributed by atoms with Crippen molar-refractivity contribution >= 4 is 23.8 Å². The Morgan fingerprint density at radius 2 is 2.07 bits per heavy atom. The van der Waals surface area contributed by atoms with Gasteiger partial charge in [0.2, 0.25) is 11.8 Å². The van der Waals surface area contributed by atoms with Crippen molar-refractivity contribution in [3.05, 3.63) is 34.9 Å². The van der Waals surface area contributed by atoms with Gasteiger partial charge in [-0.1, -0.05) is 12.1 Å². The van der Waals surface area contributed by atoms with Crippen LogP contribution in [-0.4, -0.2) is 53.8 Å². The van der Waals surface area contributed by atoms with Gasteiger partial charge in [-0.05, 0) is 43.0 Å². The summed E-state index contributed by atoms with van der Waals surface area (Å²) in [7, 11) is 0. The van der Waals surface area contributed by atoms with E-state index in [-0.39, 0.29) is 30.3 Å². The lowest BCUT2D eigenvalue weighted by atomic mass is 10.0. The summed E-state index contributed by atoms with van der Waals surface area (Å²) in [6.45, 7) is 2.42. The number of carbonyl (C=O) groups is 4. The van der Waals surface area contributed by atoms with Gasteiger partial charge in [0.1, 0.15) is 6.04 Å². The highest BCUT2D eigenvalue weighted by Gasteiger charge is 2.39. The topological polar surface area (TPSA) is 120 Å². The molecule has 2 saturated heterocycles. The molecule has 29 heavy (non-hydrogen) atoms. The molecule has 4 rings (SSSR count). The number of amides is 5. The van der Waals surface area contributed by atoms with Gasteiger partial charge in [0.15, 0.2) is 0 Å². The molecule has 2 atom stereocenters. The van der Waals surface area contributed by atoms with Crippen molar-refractivity contribution in [2.75, 3.05) is 13.1 Å². The predicted molar refractivity (Wildman–Crippen MR) is 104 cm³/mol. The van der Waals surface area contributed by atoms with Crippen molar-refractivity contribution in [2.24, 2.45) is 0 Å². The maximum atomic E-state index is 12.8. The first-order chi connectivity index (χ1) is 14.0. The fourth-order valence-electron chi connectivity index (χ4n) is 4.11. The van der Waals surface area contributed by atoms with Crippen molar-refractivity contribution in [3.8, 4) is 0 Å². The third-order valence-corrected chi connectivity index (χ3v) is 5.68. The van der Waals surface area contributed by atoms with Gasteiger partial charge in [-0.15, -0.1) is 0 Å².